The third-order valence-corrected chi connectivity index (χ3v) is 7.38. The van der Waals surface area contributed by atoms with Gasteiger partial charge in [0.15, 0.2) is 5.58 Å². The molecule has 1 spiro atoms. The lowest BCUT2D eigenvalue weighted by Crippen LogP contribution is -2.40. The van der Waals surface area contributed by atoms with Crippen molar-refractivity contribution in [3.8, 4) is 0 Å². The van der Waals surface area contributed by atoms with E-state index in [1.54, 1.807) is 18.2 Å². The van der Waals surface area contributed by atoms with Crippen molar-refractivity contribution in [2.24, 2.45) is 11.3 Å². The highest BCUT2D eigenvalue weighted by molar-refractivity contribution is 7.89. The van der Waals surface area contributed by atoms with Crippen molar-refractivity contribution in [1.29, 1.82) is 0 Å². The van der Waals surface area contributed by atoms with Crippen LogP contribution in [-0.4, -0.2) is 38.9 Å². The predicted molar refractivity (Wildman–Crippen MR) is 86.8 cm³/mol. The Labute approximate surface area is 140 Å². The standard InChI is InChI=1S/C17H19NO5S/c1-22-16(19)13-11-17(13)6-8-18(9-7-17)24(20,21)14-4-2-3-12-5-10-23-15(12)14/h2-5,10,13H,6-9,11H2,1H3. The molecular formula is C17H19NO5S. The Morgan fingerprint density at radius 2 is 2.04 bits per heavy atom. The number of benzene rings is 1. The molecule has 7 heteroatoms. The fraction of sp³-hybridized carbons (Fsp3) is 0.471. The first-order valence-corrected chi connectivity index (χ1v) is 9.46. The highest BCUT2D eigenvalue weighted by Crippen LogP contribution is 2.60. The van der Waals surface area contributed by atoms with E-state index < -0.39 is 10.0 Å². The zero-order chi connectivity index (χ0) is 16.9. The van der Waals surface area contributed by atoms with Crippen molar-refractivity contribution in [3.05, 3.63) is 30.5 Å². The minimum absolute atomic E-state index is 0.0597. The summed E-state index contributed by atoms with van der Waals surface area (Å²) in [7, 11) is -2.20. The largest absolute Gasteiger partial charge is 0.469 e. The van der Waals surface area contributed by atoms with Gasteiger partial charge < -0.3 is 9.15 Å². The Morgan fingerprint density at radius 3 is 2.75 bits per heavy atom. The number of methoxy groups -OCH3 is 1. The van der Waals surface area contributed by atoms with E-state index in [9.17, 15) is 13.2 Å². The monoisotopic (exact) mass is 349 g/mol. The molecule has 0 bridgehead atoms. The van der Waals surface area contributed by atoms with Gasteiger partial charge in [-0.1, -0.05) is 12.1 Å². The summed E-state index contributed by atoms with van der Waals surface area (Å²) < 4.78 is 37.7. The number of nitrogens with zero attached hydrogens (tertiary/aromatic N) is 1. The normalized spacial score (nSPS) is 23.5. The summed E-state index contributed by atoms with van der Waals surface area (Å²) in [5.74, 6) is -0.243. The Morgan fingerprint density at radius 1 is 1.29 bits per heavy atom. The summed E-state index contributed by atoms with van der Waals surface area (Å²) in [6, 6.07) is 6.89. The lowest BCUT2D eigenvalue weighted by Gasteiger charge is -2.31. The van der Waals surface area contributed by atoms with Gasteiger partial charge in [-0.15, -0.1) is 0 Å². The van der Waals surface area contributed by atoms with Crippen LogP contribution in [0.15, 0.2) is 39.8 Å². The van der Waals surface area contributed by atoms with Gasteiger partial charge in [0.25, 0.3) is 0 Å². The fourth-order valence-electron chi connectivity index (χ4n) is 3.86. The number of esters is 1. The summed E-state index contributed by atoms with van der Waals surface area (Å²) in [5, 5.41) is 0.775. The molecule has 0 amide bonds. The van der Waals surface area contributed by atoms with E-state index in [2.05, 4.69) is 0 Å². The summed E-state index contributed by atoms with van der Waals surface area (Å²) in [5.41, 5.74) is 0.340. The van der Waals surface area contributed by atoms with E-state index in [1.807, 2.05) is 6.07 Å². The maximum atomic E-state index is 13.0. The van der Waals surface area contributed by atoms with Gasteiger partial charge in [-0.05, 0) is 36.8 Å². The molecule has 1 aliphatic heterocycles. The summed E-state index contributed by atoms with van der Waals surface area (Å²) in [4.78, 5) is 11.9. The molecule has 4 rings (SSSR count). The average molecular weight is 349 g/mol. The van der Waals surface area contributed by atoms with Crippen molar-refractivity contribution < 1.29 is 22.4 Å². The average Bonchev–Trinajstić information content (AvgIpc) is 3.06. The van der Waals surface area contributed by atoms with E-state index in [1.165, 1.54) is 17.7 Å². The van der Waals surface area contributed by atoms with E-state index in [4.69, 9.17) is 9.15 Å². The molecule has 6 nitrogen and oxygen atoms in total. The van der Waals surface area contributed by atoms with Crippen LogP contribution >= 0.6 is 0 Å². The van der Waals surface area contributed by atoms with Crippen molar-refractivity contribution in [2.75, 3.05) is 20.2 Å². The number of hydrogen-bond donors (Lipinski definition) is 0. The maximum Gasteiger partial charge on any atom is 0.309 e. The first kappa shape index (κ1) is 15.7. The van der Waals surface area contributed by atoms with Crippen LogP contribution in [0, 0.1) is 11.3 Å². The summed E-state index contributed by atoms with van der Waals surface area (Å²) >= 11 is 0. The van der Waals surface area contributed by atoms with Gasteiger partial charge in [0, 0.05) is 18.5 Å². The quantitative estimate of drug-likeness (QED) is 0.795. The van der Waals surface area contributed by atoms with E-state index in [-0.39, 0.29) is 22.2 Å². The fourth-order valence-corrected chi connectivity index (χ4v) is 5.45. The number of ether oxygens (including phenoxy) is 1. The SMILES string of the molecule is COC(=O)C1CC12CCN(S(=O)(=O)c1cccc3ccoc13)CC2. The Hall–Kier alpha value is -1.86. The van der Waals surface area contributed by atoms with Gasteiger partial charge in [-0.25, -0.2) is 8.42 Å². The molecule has 2 fully saturated rings. The smallest absolute Gasteiger partial charge is 0.309 e. The highest BCUT2D eigenvalue weighted by Gasteiger charge is 2.60. The molecule has 1 unspecified atom stereocenters. The number of furan rings is 1. The molecule has 1 aromatic carbocycles. The van der Waals surface area contributed by atoms with Crippen molar-refractivity contribution >= 4 is 27.0 Å². The minimum Gasteiger partial charge on any atom is -0.469 e. The second kappa shape index (κ2) is 5.32. The van der Waals surface area contributed by atoms with Crippen LogP contribution < -0.4 is 0 Å². The van der Waals surface area contributed by atoms with Gasteiger partial charge in [0.05, 0.1) is 19.3 Å². The predicted octanol–water partition coefficient (Wildman–Crippen LogP) is 2.40. The lowest BCUT2D eigenvalue weighted by molar-refractivity contribution is -0.143. The molecule has 1 saturated carbocycles. The molecule has 2 heterocycles. The van der Waals surface area contributed by atoms with Gasteiger partial charge in [0.1, 0.15) is 4.90 Å². The van der Waals surface area contributed by atoms with E-state index in [0.717, 1.165) is 11.8 Å². The molecule has 0 N–H and O–H groups in total. The Balaban J connectivity index is 1.55. The third kappa shape index (κ3) is 2.26. The number of sulfonamides is 1. The van der Waals surface area contributed by atoms with Crippen LogP contribution in [-0.2, 0) is 19.6 Å². The number of carbonyl (C=O) groups excluding carboxylic acids is 1. The van der Waals surface area contributed by atoms with Crippen LogP contribution in [0.5, 0.6) is 0 Å². The van der Waals surface area contributed by atoms with Crippen molar-refractivity contribution in [2.45, 2.75) is 24.2 Å². The molecular weight excluding hydrogens is 330 g/mol. The van der Waals surface area contributed by atoms with Crippen LogP contribution in [0.2, 0.25) is 0 Å². The third-order valence-electron chi connectivity index (χ3n) is 5.45. The molecule has 1 aliphatic carbocycles. The second-order valence-corrected chi connectivity index (χ2v) is 8.55. The molecule has 1 saturated heterocycles. The number of rotatable bonds is 3. The van der Waals surface area contributed by atoms with Crippen LogP contribution in [0.1, 0.15) is 19.3 Å². The van der Waals surface area contributed by atoms with Crippen LogP contribution in [0.4, 0.5) is 0 Å². The number of hydrogen-bond acceptors (Lipinski definition) is 5. The van der Waals surface area contributed by atoms with Gasteiger partial charge in [0.2, 0.25) is 10.0 Å². The molecule has 0 radical (unpaired) electrons. The Kier molecular flexibility index (Phi) is 3.47. The maximum absolute atomic E-state index is 13.0. The topological polar surface area (TPSA) is 76.8 Å². The molecule has 2 aromatic rings. The van der Waals surface area contributed by atoms with E-state index >= 15 is 0 Å². The first-order chi connectivity index (χ1) is 11.5. The van der Waals surface area contributed by atoms with Gasteiger partial charge >= 0.3 is 5.97 Å². The number of piperidine rings is 1. The molecule has 1 atom stereocenters. The second-order valence-electron chi connectivity index (χ2n) is 6.64. The van der Waals surface area contributed by atoms with Gasteiger partial charge in [-0.2, -0.15) is 4.31 Å². The minimum atomic E-state index is -3.60. The Bertz CT molecular complexity index is 893. The van der Waals surface area contributed by atoms with Crippen molar-refractivity contribution in [1.82, 2.24) is 4.31 Å². The zero-order valence-corrected chi connectivity index (χ0v) is 14.2. The molecule has 1 aromatic heterocycles. The first-order valence-electron chi connectivity index (χ1n) is 8.02. The van der Waals surface area contributed by atoms with Crippen molar-refractivity contribution in [3.63, 3.8) is 0 Å². The highest BCUT2D eigenvalue weighted by atomic mass is 32.2. The number of para-hydroxylation sites is 1. The number of carbonyl (C=O) groups is 1. The zero-order valence-electron chi connectivity index (χ0n) is 13.4. The summed E-state index contributed by atoms with van der Waals surface area (Å²) in [6.07, 6.45) is 3.70. The van der Waals surface area contributed by atoms with Crippen LogP contribution in [0.25, 0.3) is 11.0 Å². The molecule has 24 heavy (non-hydrogen) atoms. The lowest BCUT2D eigenvalue weighted by atomic mass is 9.92. The summed E-state index contributed by atoms with van der Waals surface area (Å²) in [6.45, 7) is 0.847. The molecule has 128 valence electrons. The van der Waals surface area contributed by atoms with Crippen LogP contribution in [0.3, 0.4) is 0 Å². The molecule has 2 aliphatic rings. The van der Waals surface area contributed by atoms with Gasteiger partial charge in [-0.3, -0.25) is 4.79 Å². The number of fused-ring (bicyclic) bond motifs is 1. The van der Waals surface area contributed by atoms with E-state index in [0.29, 0.717) is 31.5 Å².